The van der Waals surface area contributed by atoms with E-state index in [2.05, 4.69) is 11.0 Å². The zero-order valence-electron chi connectivity index (χ0n) is 17.6. The van der Waals surface area contributed by atoms with Crippen molar-refractivity contribution in [2.75, 3.05) is 44.2 Å². The summed E-state index contributed by atoms with van der Waals surface area (Å²) in [4.78, 5) is 4.10. The molecule has 7 heteroatoms. The van der Waals surface area contributed by atoms with Gasteiger partial charge >= 0.3 is 6.18 Å². The molecule has 4 rings (SSSR count). The summed E-state index contributed by atoms with van der Waals surface area (Å²) >= 11 is 0. The quantitative estimate of drug-likeness (QED) is 0.741. The highest BCUT2D eigenvalue weighted by atomic mass is 19.4. The van der Waals surface area contributed by atoms with E-state index in [1.165, 1.54) is 36.1 Å². The van der Waals surface area contributed by atoms with Crippen molar-refractivity contribution in [2.45, 2.75) is 38.0 Å². The lowest BCUT2D eigenvalue weighted by molar-refractivity contribution is -0.137. The molecule has 0 bridgehead atoms. The molecule has 0 aromatic heterocycles. The summed E-state index contributed by atoms with van der Waals surface area (Å²) in [7, 11) is 0. The van der Waals surface area contributed by atoms with Gasteiger partial charge in [0.1, 0.15) is 18.5 Å². The summed E-state index contributed by atoms with van der Waals surface area (Å²) in [5.74, 6) is 0.880. The van der Waals surface area contributed by atoms with Gasteiger partial charge in [-0.25, -0.2) is 0 Å². The van der Waals surface area contributed by atoms with Gasteiger partial charge in [0, 0.05) is 38.4 Å². The average Bonchev–Trinajstić information content (AvgIpc) is 2.78. The van der Waals surface area contributed by atoms with Crippen molar-refractivity contribution in [1.29, 1.82) is 0 Å². The molecule has 1 N–H and O–H groups in total. The Labute approximate surface area is 181 Å². The van der Waals surface area contributed by atoms with Crippen molar-refractivity contribution in [3.8, 4) is 5.75 Å². The molecule has 31 heavy (non-hydrogen) atoms. The number of halogens is 3. The van der Waals surface area contributed by atoms with Crippen LogP contribution in [0.25, 0.3) is 0 Å². The average molecular weight is 435 g/mol. The highest BCUT2D eigenvalue weighted by Crippen LogP contribution is 2.32. The Morgan fingerprint density at radius 3 is 2.48 bits per heavy atom. The van der Waals surface area contributed by atoms with Crippen LogP contribution in [-0.4, -0.2) is 55.4 Å². The molecular formula is C24H29F3N2O2. The normalized spacial score (nSPS) is 18.5. The van der Waals surface area contributed by atoms with E-state index in [0.717, 1.165) is 24.7 Å². The molecule has 168 valence electrons. The molecule has 0 radical (unpaired) electrons. The maximum atomic E-state index is 13.0. The minimum Gasteiger partial charge on any atom is -0.491 e. The van der Waals surface area contributed by atoms with Gasteiger partial charge in [-0.2, -0.15) is 13.2 Å². The van der Waals surface area contributed by atoms with Crippen LogP contribution >= 0.6 is 0 Å². The molecule has 1 aliphatic heterocycles. The number of aryl methyl sites for hydroxylation is 1. The summed E-state index contributed by atoms with van der Waals surface area (Å²) in [6.07, 6.45) is -0.443. The van der Waals surface area contributed by atoms with Crippen molar-refractivity contribution in [3.63, 3.8) is 0 Å². The van der Waals surface area contributed by atoms with Crippen LogP contribution in [-0.2, 0) is 19.0 Å². The molecule has 0 amide bonds. The van der Waals surface area contributed by atoms with E-state index in [1.807, 2.05) is 17.0 Å². The van der Waals surface area contributed by atoms with Crippen LogP contribution in [0, 0.1) is 0 Å². The Morgan fingerprint density at radius 2 is 1.71 bits per heavy atom. The minimum absolute atomic E-state index is 0.240. The number of aliphatic hydroxyl groups excluding tert-OH is 1. The fourth-order valence-electron chi connectivity index (χ4n) is 4.49. The molecule has 1 atom stereocenters. The van der Waals surface area contributed by atoms with Gasteiger partial charge in [-0.3, -0.25) is 4.90 Å². The summed E-state index contributed by atoms with van der Waals surface area (Å²) in [6, 6.07) is 11.6. The Balaban J connectivity index is 1.26. The number of benzene rings is 2. The number of alkyl halides is 3. The SMILES string of the molecule is OC(COc1cccc2c1CCCC2)CN1CCN(c2cccc(C(F)(F)F)c2)CC1. The van der Waals surface area contributed by atoms with E-state index >= 15 is 0 Å². The molecule has 2 aromatic carbocycles. The number of β-amino-alcohol motifs (C(OH)–C–C–N with tert-alkyl or cyclic N) is 1. The largest absolute Gasteiger partial charge is 0.491 e. The van der Waals surface area contributed by atoms with E-state index in [-0.39, 0.29) is 6.61 Å². The molecule has 0 saturated carbocycles. The first-order chi connectivity index (χ1) is 14.9. The van der Waals surface area contributed by atoms with Crippen LogP contribution in [0.3, 0.4) is 0 Å². The van der Waals surface area contributed by atoms with Crippen molar-refractivity contribution < 1.29 is 23.0 Å². The third-order valence-electron chi connectivity index (χ3n) is 6.16. The zero-order chi connectivity index (χ0) is 21.8. The first-order valence-corrected chi connectivity index (χ1v) is 11.0. The molecule has 4 nitrogen and oxygen atoms in total. The number of hydrogen-bond donors (Lipinski definition) is 1. The number of rotatable bonds is 6. The van der Waals surface area contributed by atoms with Crippen LogP contribution in [0.1, 0.15) is 29.5 Å². The third-order valence-corrected chi connectivity index (χ3v) is 6.16. The van der Waals surface area contributed by atoms with Crippen molar-refractivity contribution in [1.82, 2.24) is 4.90 Å². The topological polar surface area (TPSA) is 35.9 Å². The van der Waals surface area contributed by atoms with Gasteiger partial charge in [0.05, 0.1) is 5.56 Å². The summed E-state index contributed by atoms with van der Waals surface area (Å²) in [6.45, 7) is 3.36. The first-order valence-electron chi connectivity index (χ1n) is 11.0. The van der Waals surface area contributed by atoms with E-state index in [9.17, 15) is 18.3 Å². The maximum Gasteiger partial charge on any atom is 0.416 e. The number of aliphatic hydroxyl groups is 1. The molecule has 1 fully saturated rings. The standard InChI is InChI=1S/C24H29F3N2O2/c25-24(26,27)19-7-4-8-20(15-19)29-13-11-28(12-14-29)16-21(30)17-31-23-10-3-6-18-5-1-2-9-22(18)23/h3-4,6-8,10,15,21,30H,1-2,5,9,11-14,16-17H2. The van der Waals surface area contributed by atoms with Gasteiger partial charge in [0.25, 0.3) is 0 Å². The number of hydrogen-bond acceptors (Lipinski definition) is 4. The van der Waals surface area contributed by atoms with Gasteiger partial charge in [-0.1, -0.05) is 18.2 Å². The van der Waals surface area contributed by atoms with Crippen molar-refractivity contribution >= 4 is 5.69 Å². The highest BCUT2D eigenvalue weighted by Gasteiger charge is 2.31. The highest BCUT2D eigenvalue weighted by molar-refractivity contribution is 5.49. The van der Waals surface area contributed by atoms with Gasteiger partial charge < -0.3 is 14.7 Å². The summed E-state index contributed by atoms with van der Waals surface area (Å²) < 4.78 is 44.8. The van der Waals surface area contributed by atoms with Gasteiger partial charge in [0.15, 0.2) is 0 Å². The number of fused-ring (bicyclic) bond motifs is 1. The molecule has 1 saturated heterocycles. The van der Waals surface area contributed by atoms with E-state index in [0.29, 0.717) is 38.4 Å². The molecule has 0 spiro atoms. The van der Waals surface area contributed by atoms with Crippen molar-refractivity contribution in [3.05, 3.63) is 59.2 Å². The van der Waals surface area contributed by atoms with E-state index in [1.54, 1.807) is 6.07 Å². The third kappa shape index (κ3) is 5.52. The summed E-state index contributed by atoms with van der Waals surface area (Å²) in [5.41, 5.74) is 2.59. The second kappa shape index (κ2) is 9.49. The van der Waals surface area contributed by atoms with Crippen LogP contribution in [0.5, 0.6) is 5.75 Å². The van der Waals surface area contributed by atoms with Gasteiger partial charge in [-0.15, -0.1) is 0 Å². The molecule has 1 aliphatic carbocycles. The Kier molecular flexibility index (Phi) is 6.72. The fraction of sp³-hybridized carbons (Fsp3) is 0.500. The Hall–Kier alpha value is -2.25. The van der Waals surface area contributed by atoms with Crippen LogP contribution in [0.4, 0.5) is 18.9 Å². The summed E-state index contributed by atoms with van der Waals surface area (Å²) in [5, 5.41) is 10.5. The Morgan fingerprint density at radius 1 is 0.968 bits per heavy atom. The number of anilines is 1. The van der Waals surface area contributed by atoms with Crippen LogP contribution < -0.4 is 9.64 Å². The number of nitrogens with zero attached hydrogens (tertiary/aromatic N) is 2. The van der Waals surface area contributed by atoms with Crippen LogP contribution in [0.2, 0.25) is 0 Å². The van der Waals surface area contributed by atoms with E-state index in [4.69, 9.17) is 4.74 Å². The molecule has 2 aliphatic rings. The second-order valence-corrected chi connectivity index (χ2v) is 8.40. The molecule has 2 aromatic rings. The first kappa shape index (κ1) is 22.0. The van der Waals surface area contributed by atoms with E-state index < -0.39 is 17.8 Å². The minimum atomic E-state index is -4.33. The predicted octanol–water partition coefficient (Wildman–Crippen LogP) is 4.15. The Bertz CT molecular complexity index is 879. The lowest BCUT2D eigenvalue weighted by Crippen LogP contribution is -2.49. The number of piperazine rings is 1. The smallest absolute Gasteiger partial charge is 0.416 e. The molecule has 1 unspecified atom stereocenters. The second-order valence-electron chi connectivity index (χ2n) is 8.40. The fourth-order valence-corrected chi connectivity index (χ4v) is 4.49. The lowest BCUT2D eigenvalue weighted by atomic mass is 9.91. The molecular weight excluding hydrogens is 405 g/mol. The maximum absolute atomic E-state index is 13.0. The molecule has 1 heterocycles. The number of ether oxygens (including phenoxy) is 1. The van der Waals surface area contributed by atoms with Gasteiger partial charge in [-0.05, 0) is 61.1 Å². The lowest BCUT2D eigenvalue weighted by Gasteiger charge is -2.37. The monoisotopic (exact) mass is 434 g/mol. The van der Waals surface area contributed by atoms with Gasteiger partial charge in [0.2, 0.25) is 0 Å². The van der Waals surface area contributed by atoms with Crippen LogP contribution in [0.15, 0.2) is 42.5 Å². The zero-order valence-corrected chi connectivity index (χ0v) is 17.6. The predicted molar refractivity (Wildman–Crippen MR) is 115 cm³/mol. The van der Waals surface area contributed by atoms with Crippen molar-refractivity contribution in [2.24, 2.45) is 0 Å².